The van der Waals surface area contributed by atoms with Gasteiger partial charge in [0.1, 0.15) is 23.6 Å². The van der Waals surface area contributed by atoms with Crippen LogP contribution in [0.4, 0.5) is 0 Å². The first-order valence-corrected chi connectivity index (χ1v) is 19.2. The molecule has 14 nitrogen and oxygen atoms in total. The Hall–Kier alpha value is -0.850. The molecule has 304 valence electrons. The van der Waals surface area contributed by atoms with Crippen molar-refractivity contribution in [1.29, 1.82) is 0 Å². The van der Waals surface area contributed by atoms with Gasteiger partial charge in [-0.25, -0.2) is 0 Å². The van der Waals surface area contributed by atoms with Gasteiger partial charge in [0.05, 0.1) is 47.8 Å². The fraction of sp³-hybridized carbons (Fsp3) is 0.974. The number of ketones is 1. The molecule has 1 aliphatic carbocycles. The van der Waals surface area contributed by atoms with E-state index in [0.29, 0.717) is 19.3 Å². The lowest BCUT2D eigenvalue weighted by molar-refractivity contribution is -0.327. The number of carbonyl (C=O) groups is 1. The van der Waals surface area contributed by atoms with Crippen molar-refractivity contribution in [2.75, 3.05) is 21.2 Å². The number of carbonyl (C=O) groups excluding carboxylic acids is 1. The molecule has 0 bridgehead atoms. The summed E-state index contributed by atoms with van der Waals surface area (Å²) in [4.78, 5) is 15.8. The Bertz CT molecular complexity index is 1180. The van der Waals surface area contributed by atoms with Gasteiger partial charge >= 0.3 is 0 Å². The van der Waals surface area contributed by atoms with Crippen LogP contribution in [0.15, 0.2) is 0 Å². The second kappa shape index (κ2) is 16.7. The molecule has 1 saturated carbocycles. The maximum Gasteiger partial charge on any atom is 0.185 e. The Morgan fingerprint density at radius 2 is 1.44 bits per heavy atom. The molecule has 4 aliphatic rings. The summed E-state index contributed by atoms with van der Waals surface area (Å²) in [5.74, 6) is -3.98. The first kappa shape index (κ1) is 43.9. The zero-order valence-electron chi connectivity index (χ0n) is 33.3. The first-order chi connectivity index (χ1) is 24.0. The number of Topliss-reactive ketones (excluding diaryl/α,β-unsaturated/α-hetero) is 1. The van der Waals surface area contributed by atoms with Crippen molar-refractivity contribution in [3.05, 3.63) is 0 Å². The molecule has 0 spiro atoms. The van der Waals surface area contributed by atoms with Crippen LogP contribution in [-0.2, 0) is 33.2 Å². The average Bonchev–Trinajstić information content (AvgIpc) is 3.91. The van der Waals surface area contributed by atoms with Crippen molar-refractivity contribution in [2.24, 2.45) is 29.6 Å². The zero-order valence-corrected chi connectivity index (χ0v) is 33.3. The van der Waals surface area contributed by atoms with E-state index in [9.17, 15) is 35.4 Å². The quantitative estimate of drug-likeness (QED) is 0.220. The van der Waals surface area contributed by atoms with Crippen LogP contribution in [-0.4, -0.2) is 153 Å². The van der Waals surface area contributed by atoms with Gasteiger partial charge in [0.15, 0.2) is 18.9 Å². The van der Waals surface area contributed by atoms with Gasteiger partial charge in [-0.2, -0.15) is 0 Å². The molecule has 0 amide bonds. The fourth-order valence-electron chi connectivity index (χ4n) is 8.98. The molecule has 6 N–H and O–H groups in total. The normalized spacial score (nSPS) is 52.0. The van der Waals surface area contributed by atoms with Gasteiger partial charge in [0, 0.05) is 43.2 Å². The van der Waals surface area contributed by atoms with Crippen molar-refractivity contribution < 1.29 is 63.9 Å². The van der Waals surface area contributed by atoms with Gasteiger partial charge in [0.2, 0.25) is 0 Å². The standard InChI is InChI=1S/C38H69NO13/c1-18-16-36(7,45)32(52-35-28(41)25(39(10)11)15-19(2)48-35)21(4)29(50-26-17-37(8,47-12)31(43)23(6)49-26)22(5)34(44)51-33(24-13-14-24)38(9,46)30(42)20(3)27(18)40/h18-26,28-35,41-46H,13-17H2,1-12H3. The second-order valence-electron chi connectivity index (χ2n) is 17.5. The van der Waals surface area contributed by atoms with Crippen molar-refractivity contribution in [2.45, 2.75) is 185 Å². The monoisotopic (exact) mass is 747 g/mol. The number of nitrogens with zero attached hydrogens (tertiary/aromatic N) is 1. The Balaban J connectivity index is 1.82. The molecule has 19 unspecified atom stereocenters. The lowest BCUT2D eigenvalue weighted by Gasteiger charge is -2.49. The summed E-state index contributed by atoms with van der Waals surface area (Å²) < 4.78 is 37.7. The maximum atomic E-state index is 13.9. The van der Waals surface area contributed by atoms with Gasteiger partial charge in [-0.3, -0.25) is 4.79 Å². The van der Waals surface area contributed by atoms with Crippen LogP contribution < -0.4 is 0 Å². The molecule has 4 fully saturated rings. The summed E-state index contributed by atoms with van der Waals surface area (Å²) in [6.45, 7) is 15.1. The van der Waals surface area contributed by atoms with E-state index in [-0.39, 0.29) is 36.7 Å². The largest absolute Gasteiger partial charge is 0.389 e. The number of ether oxygens (including phenoxy) is 6. The number of rotatable bonds is 7. The molecule has 3 heterocycles. The molecule has 52 heavy (non-hydrogen) atoms. The molecule has 3 aliphatic heterocycles. The Morgan fingerprint density at radius 3 is 2.00 bits per heavy atom. The van der Waals surface area contributed by atoms with Crippen LogP contribution in [0.1, 0.15) is 94.4 Å². The van der Waals surface area contributed by atoms with Crippen LogP contribution in [0.25, 0.3) is 0 Å². The van der Waals surface area contributed by atoms with E-state index in [2.05, 4.69) is 0 Å². The van der Waals surface area contributed by atoms with E-state index in [1.807, 2.05) is 25.9 Å². The van der Waals surface area contributed by atoms with Crippen molar-refractivity contribution in [3.63, 3.8) is 0 Å². The molecule has 0 aromatic rings. The molecular formula is C38H69NO13. The summed E-state index contributed by atoms with van der Waals surface area (Å²) >= 11 is 0. The number of hydrogen-bond donors (Lipinski definition) is 6. The third kappa shape index (κ3) is 9.22. The molecule has 4 rings (SSSR count). The minimum atomic E-state index is -1.90. The summed E-state index contributed by atoms with van der Waals surface area (Å²) in [7, 11) is 5.23. The summed E-state index contributed by atoms with van der Waals surface area (Å²) in [5.41, 5.74) is -4.68. The van der Waals surface area contributed by atoms with Crippen LogP contribution in [0.3, 0.4) is 0 Å². The lowest BCUT2D eigenvalue weighted by atomic mass is 9.73. The Morgan fingerprint density at radius 1 is 0.827 bits per heavy atom. The van der Waals surface area contributed by atoms with E-state index < -0.39 is 102 Å². The number of likely N-dealkylation sites (N-methyl/N-ethyl adjacent to an activating group) is 1. The molecule has 0 aromatic carbocycles. The number of aliphatic hydroxyl groups excluding tert-OH is 4. The number of methoxy groups -OCH3 is 1. The highest BCUT2D eigenvalue weighted by molar-refractivity contribution is 5.83. The maximum absolute atomic E-state index is 13.9. The minimum absolute atomic E-state index is 0.105. The van der Waals surface area contributed by atoms with Crippen molar-refractivity contribution in [1.82, 2.24) is 4.90 Å². The lowest BCUT2D eigenvalue weighted by Crippen LogP contribution is -2.61. The Kier molecular flexibility index (Phi) is 14.1. The fourth-order valence-corrected chi connectivity index (χ4v) is 8.98. The molecule has 0 radical (unpaired) electrons. The molecule has 0 aromatic heterocycles. The van der Waals surface area contributed by atoms with Crippen LogP contribution in [0.5, 0.6) is 0 Å². The molecular weight excluding hydrogens is 678 g/mol. The van der Waals surface area contributed by atoms with Gasteiger partial charge in [-0.05, 0) is 80.3 Å². The SMILES string of the molecule is COC1(C)CC(OC2C(C)C(O)OC(C3CC3)C(C)(O)C(O)C(C)C(=O)C(C)CC(C)(O)C(OC3OC(C)CC(N(C)C)C3O)C2C)OC(C)C1O. The Labute approximate surface area is 310 Å². The van der Waals surface area contributed by atoms with E-state index in [1.165, 1.54) is 14.0 Å². The molecule has 14 heteroatoms. The summed E-state index contributed by atoms with van der Waals surface area (Å²) in [5, 5.41) is 70.0. The van der Waals surface area contributed by atoms with Crippen LogP contribution >= 0.6 is 0 Å². The second-order valence-corrected chi connectivity index (χ2v) is 17.5. The van der Waals surface area contributed by atoms with Gasteiger partial charge < -0.3 is 64.0 Å². The van der Waals surface area contributed by atoms with E-state index >= 15 is 0 Å². The van der Waals surface area contributed by atoms with Crippen molar-refractivity contribution in [3.8, 4) is 0 Å². The zero-order chi connectivity index (χ0) is 39.2. The molecule has 3 saturated heterocycles. The third-order valence-electron chi connectivity index (χ3n) is 12.6. The van der Waals surface area contributed by atoms with Gasteiger partial charge in [-0.15, -0.1) is 0 Å². The first-order valence-electron chi connectivity index (χ1n) is 19.2. The minimum Gasteiger partial charge on any atom is -0.389 e. The summed E-state index contributed by atoms with van der Waals surface area (Å²) in [6, 6.07) is -0.307. The van der Waals surface area contributed by atoms with Gasteiger partial charge in [-0.1, -0.05) is 27.7 Å². The van der Waals surface area contributed by atoms with Crippen LogP contribution in [0, 0.1) is 29.6 Å². The van der Waals surface area contributed by atoms with E-state index in [4.69, 9.17) is 28.4 Å². The smallest absolute Gasteiger partial charge is 0.185 e. The van der Waals surface area contributed by atoms with Gasteiger partial charge in [0.25, 0.3) is 0 Å². The van der Waals surface area contributed by atoms with E-state index in [0.717, 1.165) is 0 Å². The topological polar surface area (TPSA) is 197 Å². The van der Waals surface area contributed by atoms with Crippen molar-refractivity contribution >= 4 is 5.78 Å². The predicted molar refractivity (Wildman–Crippen MR) is 190 cm³/mol. The predicted octanol–water partition coefficient (Wildman–Crippen LogP) is 1.58. The highest BCUT2D eigenvalue weighted by atomic mass is 16.7. The highest BCUT2D eigenvalue weighted by Crippen LogP contribution is 2.45. The highest BCUT2D eigenvalue weighted by Gasteiger charge is 2.55. The summed E-state index contributed by atoms with van der Waals surface area (Å²) in [6.07, 6.45) is -9.32. The van der Waals surface area contributed by atoms with Crippen LogP contribution in [0.2, 0.25) is 0 Å². The number of hydrogen-bond acceptors (Lipinski definition) is 14. The number of aliphatic hydroxyl groups is 6. The average molecular weight is 748 g/mol. The third-order valence-corrected chi connectivity index (χ3v) is 12.6. The molecule has 19 atom stereocenters. The van der Waals surface area contributed by atoms with E-state index in [1.54, 1.807) is 48.5 Å².